The standard InChI is InChI=1S/C13H13NO2S/c1-9(13(15)16)14-12-11(7-8-17-12)10-5-3-2-4-6-10/h2-9,14H,1H3,(H,15,16). The van der Waals surface area contributed by atoms with Crippen molar-refractivity contribution in [2.75, 3.05) is 5.32 Å². The Morgan fingerprint density at radius 2 is 2.00 bits per heavy atom. The molecule has 0 aliphatic heterocycles. The second kappa shape index (κ2) is 5.01. The zero-order valence-corrected chi connectivity index (χ0v) is 10.2. The average molecular weight is 247 g/mol. The van der Waals surface area contributed by atoms with Crippen LogP contribution < -0.4 is 5.32 Å². The van der Waals surface area contributed by atoms with Crippen molar-refractivity contribution in [2.24, 2.45) is 0 Å². The minimum atomic E-state index is -0.850. The monoisotopic (exact) mass is 247 g/mol. The highest BCUT2D eigenvalue weighted by Gasteiger charge is 2.14. The number of anilines is 1. The third-order valence-corrected chi connectivity index (χ3v) is 3.31. The summed E-state index contributed by atoms with van der Waals surface area (Å²) in [6, 6.07) is 11.3. The lowest BCUT2D eigenvalue weighted by atomic mass is 10.1. The van der Waals surface area contributed by atoms with Gasteiger partial charge in [-0.1, -0.05) is 30.3 Å². The molecule has 0 aliphatic carbocycles. The third-order valence-electron chi connectivity index (χ3n) is 2.47. The van der Waals surface area contributed by atoms with Gasteiger partial charge in [-0.15, -0.1) is 11.3 Å². The SMILES string of the molecule is CC(Nc1sccc1-c1ccccc1)C(=O)O. The quantitative estimate of drug-likeness (QED) is 0.871. The molecule has 4 heteroatoms. The maximum Gasteiger partial charge on any atom is 0.325 e. The molecule has 88 valence electrons. The smallest absolute Gasteiger partial charge is 0.325 e. The summed E-state index contributed by atoms with van der Waals surface area (Å²) < 4.78 is 0. The second-order valence-electron chi connectivity index (χ2n) is 3.73. The Kier molecular flexibility index (Phi) is 3.44. The molecular weight excluding hydrogens is 234 g/mol. The van der Waals surface area contributed by atoms with Crippen molar-refractivity contribution in [1.29, 1.82) is 0 Å². The van der Waals surface area contributed by atoms with Gasteiger partial charge in [-0.3, -0.25) is 4.79 Å². The van der Waals surface area contributed by atoms with E-state index in [9.17, 15) is 4.79 Å². The molecule has 1 unspecified atom stereocenters. The highest BCUT2D eigenvalue weighted by Crippen LogP contribution is 2.33. The Balaban J connectivity index is 2.26. The Morgan fingerprint density at radius 3 is 2.65 bits per heavy atom. The van der Waals surface area contributed by atoms with Crippen LogP contribution in [-0.4, -0.2) is 17.1 Å². The van der Waals surface area contributed by atoms with Crippen molar-refractivity contribution >= 4 is 22.3 Å². The molecule has 0 spiro atoms. The number of rotatable bonds is 4. The van der Waals surface area contributed by atoms with Crippen LogP contribution in [0.5, 0.6) is 0 Å². The number of aliphatic carboxylic acids is 1. The lowest BCUT2D eigenvalue weighted by molar-refractivity contribution is -0.137. The van der Waals surface area contributed by atoms with Crippen LogP contribution in [0.25, 0.3) is 11.1 Å². The molecule has 2 N–H and O–H groups in total. The molecule has 0 saturated heterocycles. The first-order valence-corrected chi connectivity index (χ1v) is 6.18. The number of carboxylic acids is 1. The van der Waals surface area contributed by atoms with Gasteiger partial charge >= 0.3 is 5.97 Å². The van der Waals surface area contributed by atoms with Crippen LogP contribution >= 0.6 is 11.3 Å². The van der Waals surface area contributed by atoms with Gasteiger partial charge in [0, 0.05) is 5.56 Å². The zero-order chi connectivity index (χ0) is 12.3. The second-order valence-corrected chi connectivity index (χ2v) is 4.65. The van der Waals surface area contributed by atoms with Gasteiger partial charge < -0.3 is 10.4 Å². The largest absolute Gasteiger partial charge is 0.480 e. The molecule has 3 nitrogen and oxygen atoms in total. The third kappa shape index (κ3) is 2.65. The Hall–Kier alpha value is -1.81. The van der Waals surface area contributed by atoms with Crippen LogP contribution in [0.2, 0.25) is 0 Å². The zero-order valence-electron chi connectivity index (χ0n) is 9.38. The number of benzene rings is 1. The summed E-state index contributed by atoms with van der Waals surface area (Å²) in [6.07, 6.45) is 0. The van der Waals surface area contributed by atoms with E-state index in [2.05, 4.69) is 5.32 Å². The van der Waals surface area contributed by atoms with Gasteiger partial charge in [0.15, 0.2) is 0 Å². The molecule has 1 aromatic carbocycles. The predicted octanol–water partition coefficient (Wildman–Crippen LogP) is 3.30. The molecule has 0 bridgehead atoms. The number of hydrogen-bond acceptors (Lipinski definition) is 3. The first kappa shape index (κ1) is 11.7. The predicted molar refractivity (Wildman–Crippen MR) is 70.5 cm³/mol. The van der Waals surface area contributed by atoms with E-state index < -0.39 is 12.0 Å². The molecule has 1 atom stereocenters. The molecule has 0 aliphatic rings. The Bertz CT molecular complexity index is 507. The van der Waals surface area contributed by atoms with Crippen LogP contribution in [0, 0.1) is 0 Å². The van der Waals surface area contributed by atoms with Gasteiger partial charge in [0.2, 0.25) is 0 Å². The molecule has 1 aromatic heterocycles. The van der Waals surface area contributed by atoms with E-state index >= 15 is 0 Å². The Labute approximate surface area is 104 Å². The average Bonchev–Trinajstić information content (AvgIpc) is 2.78. The fourth-order valence-corrected chi connectivity index (χ4v) is 2.42. The number of nitrogens with one attached hydrogen (secondary N) is 1. The minimum absolute atomic E-state index is 0.587. The van der Waals surface area contributed by atoms with Crippen LogP contribution in [0.3, 0.4) is 0 Å². The number of carbonyl (C=O) groups is 1. The van der Waals surface area contributed by atoms with Gasteiger partial charge in [-0.05, 0) is 23.9 Å². The minimum Gasteiger partial charge on any atom is -0.480 e. The highest BCUT2D eigenvalue weighted by molar-refractivity contribution is 7.14. The fourth-order valence-electron chi connectivity index (χ4n) is 1.52. The summed E-state index contributed by atoms with van der Waals surface area (Å²) in [4.78, 5) is 10.8. The van der Waals surface area contributed by atoms with Crippen molar-refractivity contribution in [3.05, 3.63) is 41.8 Å². The first-order valence-electron chi connectivity index (χ1n) is 5.30. The van der Waals surface area contributed by atoms with E-state index in [0.717, 1.165) is 16.1 Å². The lowest BCUT2D eigenvalue weighted by Gasteiger charge is -2.11. The number of thiophene rings is 1. The summed E-state index contributed by atoms with van der Waals surface area (Å²) in [6.45, 7) is 1.64. The van der Waals surface area contributed by atoms with Crippen molar-refractivity contribution in [2.45, 2.75) is 13.0 Å². The molecule has 0 amide bonds. The van der Waals surface area contributed by atoms with E-state index in [-0.39, 0.29) is 0 Å². The topological polar surface area (TPSA) is 49.3 Å². The Morgan fingerprint density at radius 1 is 1.29 bits per heavy atom. The molecule has 0 saturated carbocycles. The van der Waals surface area contributed by atoms with Crippen molar-refractivity contribution in [3.63, 3.8) is 0 Å². The van der Waals surface area contributed by atoms with Gasteiger partial charge in [0.05, 0.1) is 5.00 Å². The molecule has 0 radical (unpaired) electrons. The van der Waals surface area contributed by atoms with E-state index in [4.69, 9.17) is 5.11 Å². The summed E-state index contributed by atoms with van der Waals surface area (Å²) in [7, 11) is 0. The van der Waals surface area contributed by atoms with Crippen molar-refractivity contribution in [3.8, 4) is 11.1 Å². The van der Waals surface area contributed by atoms with Crippen molar-refractivity contribution in [1.82, 2.24) is 0 Å². The van der Waals surface area contributed by atoms with Gasteiger partial charge in [-0.2, -0.15) is 0 Å². The first-order chi connectivity index (χ1) is 8.18. The molecule has 1 heterocycles. The summed E-state index contributed by atoms with van der Waals surface area (Å²) >= 11 is 1.52. The molecule has 2 aromatic rings. The molecule has 2 rings (SSSR count). The summed E-state index contributed by atoms with van der Waals surface area (Å²) in [5.74, 6) is -0.850. The number of hydrogen-bond donors (Lipinski definition) is 2. The van der Waals surface area contributed by atoms with Gasteiger partial charge in [0.1, 0.15) is 6.04 Å². The van der Waals surface area contributed by atoms with Crippen molar-refractivity contribution < 1.29 is 9.90 Å². The summed E-state index contributed by atoms with van der Waals surface area (Å²) in [5, 5.41) is 14.7. The fraction of sp³-hybridized carbons (Fsp3) is 0.154. The normalized spacial score (nSPS) is 12.1. The maximum atomic E-state index is 10.8. The van der Waals surface area contributed by atoms with Crippen LogP contribution in [-0.2, 0) is 4.79 Å². The lowest BCUT2D eigenvalue weighted by Crippen LogP contribution is -2.25. The highest BCUT2D eigenvalue weighted by atomic mass is 32.1. The van der Waals surface area contributed by atoms with E-state index in [1.165, 1.54) is 11.3 Å². The van der Waals surface area contributed by atoms with Crippen LogP contribution in [0.4, 0.5) is 5.00 Å². The van der Waals surface area contributed by atoms with Crippen LogP contribution in [0.1, 0.15) is 6.92 Å². The molecule has 17 heavy (non-hydrogen) atoms. The van der Waals surface area contributed by atoms with Gasteiger partial charge in [0.25, 0.3) is 0 Å². The molecular formula is C13H13NO2S. The number of carboxylic acid groups (broad SMARTS) is 1. The van der Waals surface area contributed by atoms with Crippen LogP contribution in [0.15, 0.2) is 41.8 Å². The summed E-state index contributed by atoms with van der Waals surface area (Å²) in [5.41, 5.74) is 2.14. The van der Waals surface area contributed by atoms with E-state index in [0.29, 0.717) is 0 Å². The molecule has 0 fully saturated rings. The van der Waals surface area contributed by atoms with E-state index in [1.807, 2.05) is 41.8 Å². The maximum absolute atomic E-state index is 10.8. The van der Waals surface area contributed by atoms with Gasteiger partial charge in [-0.25, -0.2) is 0 Å². The van der Waals surface area contributed by atoms with E-state index in [1.54, 1.807) is 6.92 Å².